The van der Waals surface area contributed by atoms with E-state index in [1.165, 1.54) is 12.0 Å². The summed E-state index contributed by atoms with van der Waals surface area (Å²) in [5.41, 5.74) is 1.31. The lowest BCUT2D eigenvalue weighted by atomic mass is 10.2. The first-order valence-electron chi connectivity index (χ1n) is 7.00. The second-order valence-electron chi connectivity index (χ2n) is 5.56. The number of hydrogen-bond donors (Lipinski definition) is 1. The summed E-state index contributed by atoms with van der Waals surface area (Å²) in [6.45, 7) is 12.7. The van der Waals surface area contributed by atoms with E-state index in [4.69, 9.17) is 4.42 Å². The fourth-order valence-electron chi connectivity index (χ4n) is 2.07. The second kappa shape index (κ2) is 7.59. The molecule has 104 valence electrons. The molecule has 1 N–H and O–H groups in total. The van der Waals surface area contributed by atoms with Crippen molar-refractivity contribution in [2.45, 2.75) is 47.2 Å². The van der Waals surface area contributed by atoms with E-state index in [0.717, 1.165) is 37.7 Å². The third-order valence-corrected chi connectivity index (χ3v) is 2.97. The molecule has 0 radical (unpaired) electrons. The van der Waals surface area contributed by atoms with Crippen molar-refractivity contribution in [3.63, 3.8) is 0 Å². The molecule has 0 bridgehead atoms. The number of nitrogens with zero attached hydrogens (tertiary/aromatic N) is 1. The zero-order chi connectivity index (χ0) is 13.5. The van der Waals surface area contributed by atoms with Gasteiger partial charge in [-0.05, 0) is 45.5 Å². The molecule has 18 heavy (non-hydrogen) atoms. The Morgan fingerprint density at radius 1 is 1.39 bits per heavy atom. The molecule has 0 spiro atoms. The van der Waals surface area contributed by atoms with Gasteiger partial charge >= 0.3 is 0 Å². The van der Waals surface area contributed by atoms with Gasteiger partial charge in [-0.1, -0.05) is 20.8 Å². The molecule has 1 heterocycles. The molecule has 0 aliphatic rings. The van der Waals surface area contributed by atoms with Gasteiger partial charge in [0.25, 0.3) is 0 Å². The van der Waals surface area contributed by atoms with E-state index in [-0.39, 0.29) is 0 Å². The maximum atomic E-state index is 5.79. The molecule has 3 heteroatoms. The molecular weight excluding hydrogens is 224 g/mol. The number of rotatable bonds is 8. The topological polar surface area (TPSA) is 28.4 Å². The normalized spacial score (nSPS) is 11.7. The van der Waals surface area contributed by atoms with E-state index in [2.05, 4.69) is 51.0 Å². The SMILES string of the molecule is CCCN(C)Cc1cc(CNCC(C)C)oc1C. The van der Waals surface area contributed by atoms with Crippen LogP contribution in [0.1, 0.15) is 44.3 Å². The van der Waals surface area contributed by atoms with E-state index < -0.39 is 0 Å². The summed E-state index contributed by atoms with van der Waals surface area (Å²) in [6, 6.07) is 2.19. The first-order valence-corrected chi connectivity index (χ1v) is 7.00. The van der Waals surface area contributed by atoms with Crippen molar-refractivity contribution >= 4 is 0 Å². The summed E-state index contributed by atoms with van der Waals surface area (Å²) in [7, 11) is 2.16. The number of aryl methyl sites for hydroxylation is 1. The molecule has 1 aromatic heterocycles. The van der Waals surface area contributed by atoms with Crippen LogP contribution in [-0.2, 0) is 13.1 Å². The minimum atomic E-state index is 0.677. The Labute approximate surface area is 112 Å². The summed E-state index contributed by atoms with van der Waals surface area (Å²) >= 11 is 0. The van der Waals surface area contributed by atoms with Gasteiger partial charge in [-0.25, -0.2) is 0 Å². The molecular formula is C15H28N2O. The van der Waals surface area contributed by atoms with Crippen molar-refractivity contribution in [2.75, 3.05) is 20.1 Å². The Balaban J connectivity index is 2.48. The summed E-state index contributed by atoms with van der Waals surface area (Å²) in [6.07, 6.45) is 1.19. The molecule has 3 nitrogen and oxygen atoms in total. The van der Waals surface area contributed by atoms with Crippen molar-refractivity contribution in [1.29, 1.82) is 0 Å². The minimum Gasteiger partial charge on any atom is -0.465 e. The number of furan rings is 1. The first kappa shape index (κ1) is 15.3. The second-order valence-corrected chi connectivity index (χ2v) is 5.56. The fraction of sp³-hybridized carbons (Fsp3) is 0.733. The molecule has 0 fully saturated rings. The van der Waals surface area contributed by atoms with Crippen LogP contribution in [0.2, 0.25) is 0 Å². The van der Waals surface area contributed by atoms with Crippen LogP contribution in [0.3, 0.4) is 0 Å². The van der Waals surface area contributed by atoms with E-state index in [1.807, 2.05) is 0 Å². The summed E-state index contributed by atoms with van der Waals surface area (Å²) < 4.78 is 5.79. The molecule has 0 saturated carbocycles. The quantitative estimate of drug-likeness (QED) is 0.770. The summed E-state index contributed by atoms with van der Waals surface area (Å²) in [5, 5.41) is 3.41. The molecule has 0 aromatic carbocycles. The van der Waals surface area contributed by atoms with Gasteiger partial charge in [0, 0.05) is 12.1 Å². The molecule has 0 atom stereocenters. The molecule has 0 amide bonds. The van der Waals surface area contributed by atoms with Crippen LogP contribution < -0.4 is 5.32 Å². The van der Waals surface area contributed by atoms with Crippen LogP contribution in [0.5, 0.6) is 0 Å². The average molecular weight is 252 g/mol. The van der Waals surface area contributed by atoms with Gasteiger partial charge in [-0.2, -0.15) is 0 Å². The number of hydrogen-bond acceptors (Lipinski definition) is 3. The highest BCUT2D eigenvalue weighted by Crippen LogP contribution is 2.16. The lowest BCUT2D eigenvalue weighted by molar-refractivity contribution is 0.324. The van der Waals surface area contributed by atoms with Crippen LogP contribution in [0, 0.1) is 12.8 Å². The fourth-order valence-corrected chi connectivity index (χ4v) is 2.07. The van der Waals surface area contributed by atoms with Crippen LogP contribution in [-0.4, -0.2) is 25.0 Å². The van der Waals surface area contributed by atoms with Gasteiger partial charge < -0.3 is 14.6 Å². The Morgan fingerprint density at radius 3 is 2.72 bits per heavy atom. The van der Waals surface area contributed by atoms with Gasteiger partial charge in [0.15, 0.2) is 0 Å². The van der Waals surface area contributed by atoms with Gasteiger partial charge in [0.1, 0.15) is 11.5 Å². The van der Waals surface area contributed by atoms with Gasteiger partial charge in [-0.15, -0.1) is 0 Å². The van der Waals surface area contributed by atoms with Crippen molar-refractivity contribution in [2.24, 2.45) is 5.92 Å². The molecule has 0 aliphatic carbocycles. The summed E-state index contributed by atoms with van der Waals surface area (Å²) in [4.78, 5) is 2.34. The lowest BCUT2D eigenvalue weighted by Gasteiger charge is -2.14. The average Bonchev–Trinajstić information content (AvgIpc) is 2.59. The maximum Gasteiger partial charge on any atom is 0.118 e. The predicted molar refractivity (Wildman–Crippen MR) is 76.6 cm³/mol. The monoisotopic (exact) mass is 252 g/mol. The van der Waals surface area contributed by atoms with Crippen LogP contribution in [0.4, 0.5) is 0 Å². The molecule has 1 aromatic rings. The van der Waals surface area contributed by atoms with Gasteiger partial charge in [0.2, 0.25) is 0 Å². The van der Waals surface area contributed by atoms with E-state index in [9.17, 15) is 0 Å². The van der Waals surface area contributed by atoms with Crippen molar-refractivity contribution in [3.05, 3.63) is 23.2 Å². The standard InChI is InChI=1S/C15H28N2O/c1-6-7-17(5)11-14-8-15(18-13(14)4)10-16-9-12(2)3/h8,12,16H,6-7,9-11H2,1-5H3. The van der Waals surface area contributed by atoms with Gasteiger partial charge in [0.05, 0.1) is 6.54 Å². The van der Waals surface area contributed by atoms with E-state index >= 15 is 0 Å². The minimum absolute atomic E-state index is 0.677. The zero-order valence-corrected chi connectivity index (χ0v) is 12.5. The van der Waals surface area contributed by atoms with E-state index in [1.54, 1.807) is 0 Å². The molecule has 1 rings (SSSR count). The third kappa shape index (κ3) is 5.23. The highest BCUT2D eigenvalue weighted by Gasteiger charge is 2.09. The molecule has 0 saturated heterocycles. The highest BCUT2D eigenvalue weighted by atomic mass is 16.3. The van der Waals surface area contributed by atoms with Crippen molar-refractivity contribution in [1.82, 2.24) is 10.2 Å². The number of nitrogens with one attached hydrogen (secondary N) is 1. The van der Waals surface area contributed by atoms with Gasteiger partial charge in [-0.3, -0.25) is 0 Å². The largest absolute Gasteiger partial charge is 0.465 e. The Hall–Kier alpha value is -0.800. The zero-order valence-electron chi connectivity index (χ0n) is 12.5. The van der Waals surface area contributed by atoms with Crippen LogP contribution in [0.15, 0.2) is 10.5 Å². The van der Waals surface area contributed by atoms with Crippen molar-refractivity contribution in [3.8, 4) is 0 Å². The van der Waals surface area contributed by atoms with E-state index in [0.29, 0.717) is 5.92 Å². The predicted octanol–water partition coefficient (Wildman–Crippen LogP) is 3.18. The lowest BCUT2D eigenvalue weighted by Crippen LogP contribution is -2.19. The molecule has 0 unspecified atom stereocenters. The first-order chi connectivity index (χ1) is 8.52. The summed E-state index contributed by atoms with van der Waals surface area (Å²) in [5.74, 6) is 2.78. The smallest absolute Gasteiger partial charge is 0.118 e. The van der Waals surface area contributed by atoms with Crippen LogP contribution >= 0.6 is 0 Å². The Kier molecular flexibility index (Phi) is 6.44. The highest BCUT2D eigenvalue weighted by molar-refractivity contribution is 5.20. The van der Waals surface area contributed by atoms with Crippen LogP contribution in [0.25, 0.3) is 0 Å². The van der Waals surface area contributed by atoms with Crippen molar-refractivity contribution < 1.29 is 4.42 Å². The Bertz CT molecular complexity index is 344. The third-order valence-electron chi connectivity index (χ3n) is 2.97. The maximum absolute atomic E-state index is 5.79. The molecule has 0 aliphatic heterocycles. The Morgan fingerprint density at radius 2 is 2.11 bits per heavy atom.